The number of thioether (sulfide) groups is 1. The number of hydrogen-bond donors (Lipinski definition) is 1. The molecule has 0 aliphatic carbocycles. The van der Waals surface area contributed by atoms with Gasteiger partial charge in [0.25, 0.3) is 10.0 Å². The molecular weight excluding hydrogens is 516 g/mol. The van der Waals surface area contributed by atoms with Crippen molar-refractivity contribution in [3.63, 3.8) is 0 Å². The number of anilines is 1. The average molecular weight is 531 g/mol. The smallest absolute Gasteiger partial charge is 0.253 e. The number of aromatic nitrogens is 2. The van der Waals surface area contributed by atoms with Crippen LogP contribution in [0.25, 0.3) is 20.4 Å². The van der Waals surface area contributed by atoms with Crippen LogP contribution in [0.15, 0.2) is 32.8 Å². The van der Waals surface area contributed by atoms with Crippen molar-refractivity contribution in [1.29, 1.82) is 0 Å². The Morgan fingerprint density at radius 1 is 1.16 bits per heavy atom. The summed E-state index contributed by atoms with van der Waals surface area (Å²) in [6.07, 6.45) is 3.07. The maximum absolute atomic E-state index is 13.0. The van der Waals surface area contributed by atoms with Crippen molar-refractivity contribution in [3.05, 3.63) is 28.6 Å². The van der Waals surface area contributed by atoms with Crippen molar-refractivity contribution in [2.24, 2.45) is 0 Å². The molecule has 13 heteroatoms. The average Bonchev–Trinajstić information content (AvgIpc) is 3.51. The predicted molar refractivity (Wildman–Crippen MR) is 129 cm³/mol. The molecule has 7 nitrogen and oxygen atoms in total. The van der Waals surface area contributed by atoms with Crippen molar-refractivity contribution >= 4 is 98.9 Å². The number of carbonyl (C=O) groups excluding carboxylic acids is 1. The van der Waals surface area contributed by atoms with Crippen LogP contribution in [0.3, 0.4) is 0 Å². The summed E-state index contributed by atoms with van der Waals surface area (Å²) in [4.78, 5) is 22.1. The van der Waals surface area contributed by atoms with Gasteiger partial charge in [0.15, 0.2) is 9.47 Å². The maximum Gasteiger partial charge on any atom is 0.253 e. The van der Waals surface area contributed by atoms with Gasteiger partial charge in [-0.2, -0.15) is 4.31 Å². The lowest BCUT2D eigenvalue weighted by Gasteiger charge is -2.22. The van der Waals surface area contributed by atoms with E-state index >= 15 is 0 Å². The van der Waals surface area contributed by atoms with Gasteiger partial charge >= 0.3 is 0 Å². The van der Waals surface area contributed by atoms with Crippen molar-refractivity contribution in [1.82, 2.24) is 14.3 Å². The highest BCUT2D eigenvalue weighted by atomic mass is 35.5. The number of fused-ring (bicyclic) bond motifs is 3. The molecule has 4 heterocycles. The van der Waals surface area contributed by atoms with Crippen molar-refractivity contribution in [3.8, 4) is 0 Å². The molecule has 1 aliphatic rings. The first-order valence-electron chi connectivity index (χ1n) is 9.19. The van der Waals surface area contributed by atoms with Gasteiger partial charge in [-0.25, -0.2) is 18.4 Å². The minimum Gasteiger partial charge on any atom is -0.301 e. The number of thiazole rings is 2. The topological polar surface area (TPSA) is 92.3 Å². The molecule has 0 saturated carbocycles. The quantitative estimate of drug-likeness (QED) is 0.359. The van der Waals surface area contributed by atoms with Gasteiger partial charge in [-0.05, 0) is 43.4 Å². The Morgan fingerprint density at radius 3 is 2.61 bits per heavy atom. The fourth-order valence-corrected chi connectivity index (χ4v) is 9.45. The summed E-state index contributed by atoms with van der Waals surface area (Å²) in [5.41, 5.74) is 1.69. The van der Waals surface area contributed by atoms with Crippen LogP contribution in [0, 0.1) is 0 Å². The summed E-state index contributed by atoms with van der Waals surface area (Å²) in [7, 11) is -3.78. The molecule has 1 unspecified atom stereocenters. The predicted octanol–water partition coefficient (Wildman–Crippen LogP) is 5.13. The van der Waals surface area contributed by atoms with Gasteiger partial charge < -0.3 is 5.32 Å². The Kier molecular flexibility index (Phi) is 5.74. The highest BCUT2D eigenvalue weighted by molar-refractivity contribution is 8.00. The van der Waals surface area contributed by atoms with Crippen LogP contribution in [0.5, 0.6) is 0 Å². The molecule has 0 bridgehead atoms. The Labute approximate surface area is 199 Å². The number of halogens is 1. The minimum absolute atomic E-state index is 0.148. The summed E-state index contributed by atoms with van der Waals surface area (Å²) in [6.45, 7) is 0.300. The summed E-state index contributed by atoms with van der Waals surface area (Å²) in [5.74, 6) is -0.367. The SMILES string of the molecule is CSc1nc2ccc3nc(NC(=O)C4CCCN4S(=O)(=O)c4ccc(Cl)s4)sc3c2s1. The fourth-order valence-electron chi connectivity index (χ4n) is 3.52. The molecule has 1 aliphatic heterocycles. The number of sulfonamides is 1. The molecule has 3 aromatic heterocycles. The molecule has 1 amide bonds. The second-order valence-corrected chi connectivity index (χ2v) is 13.7. The highest BCUT2D eigenvalue weighted by Crippen LogP contribution is 2.38. The summed E-state index contributed by atoms with van der Waals surface area (Å²) in [6, 6.07) is 6.07. The molecule has 0 spiro atoms. The van der Waals surface area contributed by atoms with Crippen LogP contribution in [0.4, 0.5) is 5.13 Å². The first-order chi connectivity index (χ1) is 14.9. The van der Waals surface area contributed by atoms with E-state index in [9.17, 15) is 13.2 Å². The van der Waals surface area contributed by atoms with Gasteiger partial charge in [-0.1, -0.05) is 34.7 Å². The van der Waals surface area contributed by atoms with Crippen molar-refractivity contribution in [2.75, 3.05) is 18.1 Å². The van der Waals surface area contributed by atoms with E-state index in [0.717, 1.165) is 36.1 Å². The summed E-state index contributed by atoms with van der Waals surface area (Å²) < 4.78 is 30.8. The molecule has 1 atom stereocenters. The molecule has 162 valence electrons. The third-order valence-corrected chi connectivity index (χ3v) is 11.7. The molecule has 1 N–H and O–H groups in total. The van der Waals surface area contributed by atoms with Gasteiger partial charge in [0.05, 0.1) is 24.8 Å². The lowest BCUT2D eigenvalue weighted by molar-refractivity contribution is -0.119. The third kappa shape index (κ3) is 3.88. The summed E-state index contributed by atoms with van der Waals surface area (Å²) in [5, 5.41) is 3.29. The third-order valence-electron chi connectivity index (χ3n) is 4.92. The Balaban J connectivity index is 1.42. The second-order valence-electron chi connectivity index (χ2n) is 6.79. The number of rotatable bonds is 5. The number of thiophene rings is 1. The second kappa shape index (κ2) is 8.25. The van der Waals surface area contributed by atoms with Gasteiger partial charge in [-0.15, -0.1) is 22.7 Å². The number of amides is 1. The zero-order valence-electron chi connectivity index (χ0n) is 16.0. The van der Waals surface area contributed by atoms with Crippen molar-refractivity contribution < 1.29 is 13.2 Å². The highest BCUT2D eigenvalue weighted by Gasteiger charge is 2.40. The van der Waals surface area contributed by atoms with E-state index in [0.29, 0.717) is 28.9 Å². The van der Waals surface area contributed by atoms with Crippen LogP contribution >= 0.6 is 57.4 Å². The van der Waals surface area contributed by atoms with Crippen LogP contribution < -0.4 is 5.32 Å². The number of benzene rings is 1. The number of nitrogens with zero attached hydrogens (tertiary/aromatic N) is 3. The first-order valence-corrected chi connectivity index (χ1v) is 14.7. The molecule has 1 saturated heterocycles. The maximum atomic E-state index is 13.0. The van der Waals surface area contributed by atoms with Gasteiger partial charge in [0.2, 0.25) is 5.91 Å². The zero-order chi connectivity index (χ0) is 21.8. The van der Waals surface area contributed by atoms with E-state index < -0.39 is 16.1 Å². The fraction of sp³-hybridized carbons (Fsp3) is 0.278. The van der Waals surface area contributed by atoms with E-state index in [2.05, 4.69) is 15.3 Å². The molecule has 0 radical (unpaired) electrons. The number of carbonyl (C=O) groups is 1. The molecule has 4 aromatic rings. The Hall–Kier alpha value is -1.28. The van der Waals surface area contributed by atoms with Gasteiger partial charge in [-0.3, -0.25) is 4.79 Å². The van der Waals surface area contributed by atoms with Gasteiger partial charge in [0, 0.05) is 6.54 Å². The van der Waals surface area contributed by atoms with Crippen LogP contribution in [-0.2, 0) is 14.8 Å². The Bertz CT molecular complexity index is 1410. The lowest BCUT2D eigenvalue weighted by atomic mass is 10.2. The number of hydrogen-bond acceptors (Lipinski definition) is 9. The largest absolute Gasteiger partial charge is 0.301 e. The van der Waals surface area contributed by atoms with Crippen LogP contribution in [0.1, 0.15) is 12.8 Å². The van der Waals surface area contributed by atoms with Gasteiger partial charge in [0.1, 0.15) is 10.3 Å². The normalized spacial score (nSPS) is 17.7. The van der Waals surface area contributed by atoms with Crippen molar-refractivity contribution in [2.45, 2.75) is 27.4 Å². The van der Waals surface area contributed by atoms with Crippen LogP contribution in [-0.4, -0.2) is 47.4 Å². The van der Waals surface area contributed by atoms with E-state index in [1.165, 1.54) is 21.7 Å². The zero-order valence-corrected chi connectivity index (χ0v) is 20.8. The molecule has 1 fully saturated rings. The summed E-state index contributed by atoms with van der Waals surface area (Å²) >= 11 is 11.5. The molecule has 5 rings (SSSR count). The first kappa shape index (κ1) is 21.6. The van der Waals surface area contributed by atoms with Crippen LogP contribution in [0.2, 0.25) is 4.34 Å². The standard InChI is InChI=1S/C18H15ClN4O3S5/c1-27-18-21-10-5-4-9-14(15(10)30-18)29-17(20-9)22-16(24)11-3-2-8-23(11)31(25,26)13-7-6-12(19)28-13/h4-7,11H,2-3,8H2,1H3,(H,20,22,24). The Morgan fingerprint density at radius 2 is 1.90 bits per heavy atom. The van der Waals surface area contributed by atoms with E-state index in [4.69, 9.17) is 11.6 Å². The molecular formula is C18H15ClN4O3S5. The number of nitrogens with one attached hydrogen (secondary N) is 1. The monoisotopic (exact) mass is 530 g/mol. The molecule has 31 heavy (non-hydrogen) atoms. The van der Waals surface area contributed by atoms with E-state index in [1.807, 2.05) is 18.4 Å². The van der Waals surface area contributed by atoms with E-state index in [1.54, 1.807) is 29.2 Å². The minimum atomic E-state index is -3.78. The lowest BCUT2D eigenvalue weighted by Crippen LogP contribution is -2.42. The van der Waals surface area contributed by atoms with E-state index in [-0.39, 0.29) is 10.1 Å². The molecule has 1 aromatic carbocycles.